The third kappa shape index (κ3) is 2.49. The van der Waals surface area contributed by atoms with Crippen molar-refractivity contribution in [3.8, 4) is 0 Å². The number of nitrogens with two attached hydrogens (primary N) is 1. The number of benzene rings is 2. The van der Waals surface area contributed by atoms with Crippen molar-refractivity contribution in [2.24, 2.45) is 5.73 Å². The Morgan fingerprint density at radius 2 is 1.63 bits per heavy atom. The fourth-order valence-electron chi connectivity index (χ4n) is 2.40. The van der Waals surface area contributed by atoms with E-state index in [2.05, 4.69) is 29.2 Å². The second kappa shape index (κ2) is 5.21. The summed E-state index contributed by atoms with van der Waals surface area (Å²) in [5.74, 6) is 0. The molecule has 1 atom stereocenters. The lowest BCUT2D eigenvalue weighted by Gasteiger charge is -2.13. The molecule has 2 nitrogen and oxygen atoms in total. The van der Waals surface area contributed by atoms with Crippen molar-refractivity contribution in [1.29, 1.82) is 0 Å². The van der Waals surface area contributed by atoms with E-state index < -0.39 is 0 Å². The Balaban J connectivity index is 1.96. The molecule has 0 aliphatic heterocycles. The Hall–Kier alpha value is -2.19. The Morgan fingerprint density at radius 1 is 0.895 bits per heavy atom. The minimum atomic E-state index is -0.0755. The molecule has 0 saturated carbocycles. The third-order valence-electron chi connectivity index (χ3n) is 3.35. The zero-order chi connectivity index (χ0) is 13.1. The average molecular weight is 248 g/mol. The fraction of sp³-hybridized carbons (Fsp3) is 0.118. The van der Waals surface area contributed by atoms with Crippen LogP contribution in [0.5, 0.6) is 0 Å². The molecule has 0 fully saturated rings. The summed E-state index contributed by atoms with van der Waals surface area (Å²) in [6, 6.07) is 20.5. The summed E-state index contributed by atoms with van der Waals surface area (Å²) < 4.78 is 0. The smallest absolute Gasteiger partial charge is 0.0652 e. The Morgan fingerprint density at radius 3 is 2.47 bits per heavy atom. The zero-order valence-corrected chi connectivity index (χ0v) is 10.7. The maximum absolute atomic E-state index is 6.33. The molecule has 0 spiro atoms. The number of pyridine rings is 1. The van der Waals surface area contributed by atoms with Gasteiger partial charge in [0.15, 0.2) is 0 Å². The summed E-state index contributed by atoms with van der Waals surface area (Å²) in [6.07, 6.45) is 2.64. The molecule has 0 saturated heterocycles. The molecule has 1 unspecified atom stereocenters. The predicted octanol–water partition coefficient (Wildman–Crippen LogP) is 3.48. The molecular formula is C17H16N2. The van der Waals surface area contributed by atoms with Crippen LogP contribution in [0.1, 0.15) is 17.3 Å². The second-order valence-electron chi connectivity index (χ2n) is 4.71. The Kier molecular flexibility index (Phi) is 3.25. The standard InChI is InChI=1S/C17H16N2/c18-16(12-13-6-2-1-3-7-13)17-15-9-5-4-8-14(15)10-11-19-17/h1-11,16H,12,18H2. The van der Waals surface area contributed by atoms with Gasteiger partial charge >= 0.3 is 0 Å². The van der Waals surface area contributed by atoms with E-state index in [0.717, 1.165) is 17.5 Å². The van der Waals surface area contributed by atoms with Crippen LogP contribution in [-0.4, -0.2) is 4.98 Å². The van der Waals surface area contributed by atoms with Gasteiger partial charge in [0.25, 0.3) is 0 Å². The molecule has 3 rings (SSSR count). The molecule has 1 aromatic heterocycles. The van der Waals surface area contributed by atoms with Gasteiger partial charge in [0, 0.05) is 11.6 Å². The van der Waals surface area contributed by atoms with Crippen molar-refractivity contribution in [2.45, 2.75) is 12.5 Å². The first kappa shape index (κ1) is 11.9. The molecule has 0 radical (unpaired) electrons. The molecule has 94 valence electrons. The predicted molar refractivity (Wildman–Crippen MR) is 78.8 cm³/mol. The number of hydrogen-bond donors (Lipinski definition) is 1. The normalized spacial score (nSPS) is 12.5. The van der Waals surface area contributed by atoms with Gasteiger partial charge in [-0.3, -0.25) is 4.98 Å². The van der Waals surface area contributed by atoms with E-state index in [9.17, 15) is 0 Å². The molecule has 2 aromatic carbocycles. The first-order valence-electron chi connectivity index (χ1n) is 6.48. The Bertz CT molecular complexity index is 672. The van der Waals surface area contributed by atoms with E-state index in [1.807, 2.05) is 42.6 Å². The number of aromatic nitrogens is 1. The third-order valence-corrected chi connectivity index (χ3v) is 3.35. The van der Waals surface area contributed by atoms with Crippen molar-refractivity contribution in [2.75, 3.05) is 0 Å². The van der Waals surface area contributed by atoms with Crippen LogP contribution in [0, 0.1) is 0 Å². The fourth-order valence-corrected chi connectivity index (χ4v) is 2.40. The maximum Gasteiger partial charge on any atom is 0.0652 e. The average Bonchev–Trinajstić information content (AvgIpc) is 2.47. The molecule has 0 amide bonds. The minimum absolute atomic E-state index is 0.0755. The van der Waals surface area contributed by atoms with Gasteiger partial charge in [-0.1, -0.05) is 54.6 Å². The highest BCUT2D eigenvalue weighted by molar-refractivity contribution is 5.84. The lowest BCUT2D eigenvalue weighted by molar-refractivity contribution is 0.704. The number of fused-ring (bicyclic) bond motifs is 1. The van der Waals surface area contributed by atoms with E-state index in [0.29, 0.717) is 0 Å². The molecule has 1 heterocycles. The SMILES string of the molecule is NC(Cc1ccccc1)c1nccc2ccccc12. The summed E-state index contributed by atoms with van der Waals surface area (Å²) in [5.41, 5.74) is 8.55. The van der Waals surface area contributed by atoms with Crippen LogP contribution in [0.4, 0.5) is 0 Å². The lowest BCUT2D eigenvalue weighted by Crippen LogP contribution is -2.15. The van der Waals surface area contributed by atoms with Gasteiger partial charge < -0.3 is 5.73 Å². The zero-order valence-electron chi connectivity index (χ0n) is 10.7. The van der Waals surface area contributed by atoms with Gasteiger partial charge in [-0.05, 0) is 23.4 Å². The van der Waals surface area contributed by atoms with Crippen LogP contribution >= 0.6 is 0 Å². The van der Waals surface area contributed by atoms with Crippen LogP contribution < -0.4 is 5.73 Å². The van der Waals surface area contributed by atoms with Crippen LogP contribution in [0.25, 0.3) is 10.8 Å². The lowest BCUT2D eigenvalue weighted by atomic mass is 9.99. The van der Waals surface area contributed by atoms with Crippen molar-refractivity contribution in [3.05, 3.63) is 78.1 Å². The molecule has 3 aromatic rings. The van der Waals surface area contributed by atoms with E-state index in [1.165, 1.54) is 10.9 Å². The van der Waals surface area contributed by atoms with Gasteiger partial charge in [-0.15, -0.1) is 0 Å². The highest BCUT2D eigenvalue weighted by Crippen LogP contribution is 2.23. The first-order valence-corrected chi connectivity index (χ1v) is 6.48. The van der Waals surface area contributed by atoms with Crippen molar-refractivity contribution < 1.29 is 0 Å². The molecule has 2 heteroatoms. The minimum Gasteiger partial charge on any atom is -0.322 e. The summed E-state index contributed by atoms with van der Waals surface area (Å²) in [6.45, 7) is 0. The number of nitrogens with zero attached hydrogens (tertiary/aromatic N) is 1. The van der Waals surface area contributed by atoms with Gasteiger partial charge in [0.1, 0.15) is 0 Å². The van der Waals surface area contributed by atoms with E-state index in [4.69, 9.17) is 5.73 Å². The topological polar surface area (TPSA) is 38.9 Å². The summed E-state index contributed by atoms with van der Waals surface area (Å²) in [7, 11) is 0. The summed E-state index contributed by atoms with van der Waals surface area (Å²) in [5, 5.41) is 2.34. The van der Waals surface area contributed by atoms with E-state index in [-0.39, 0.29) is 6.04 Å². The quantitative estimate of drug-likeness (QED) is 0.770. The van der Waals surface area contributed by atoms with Crippen molar-refractivity contribution >= 4 is 10.8 Å². The van der Waals surface area contributed by atoms with Crippen LogP contribution in [0.2, 0.25) is 0 Å². The maximum atomic E-state index is 6.33. The highest BCUT2D eigenvalue weighted by Gasteiger charge is 2.11. The molecule has 0 bridgehead atoms. The molecule has 0 aliphatic carbocycles. The van der Waals surface area contributed by atoms with Gasteiger partial charge in [-0.2, -0.15) is 0 Å². The van der Waals surface area contributed by atoms with Crippen molar-refractivity contribution in [1.82, 2.24) is 4.98 Å². The van der Waals surface area contributed by atoms with Crippen LogP contribution in [0.15, 0.2) is 66.9 Å². The van der Waals surface area contributed by atoms with Crippen LogP contribution in [0.3, 0.4) is 0 Å². The highest BCUT2D eigenvalue weighted by atomic mass is 14.8. The van der Waals surface area contributed by atoms with Crippen molar-refractivity contribution in [3.63, 3.8) is 0 Å². The largest absolute Gasteiger partial charge is 0.322 e. The summed E-state index contributed by atoms with van der Waals surface area (Å²) in [4.78, 5) is 4.48. The summed E-state index contributed by atoms with van der Waals surface area (Å²) >= 11 is 0. The second-order valence-corrected chi connectivity index (χ2v) is 4.71. The number of rotatable bonds is 3. The molecular weight excluding hydrogens is 232 g/mol. The van der Waals surface area contributed by atoms with E-state index >= 15 is 0 Å². The van der Waals surface area contributed by atoms with E-state index in [1.54, 1.807) is 0 Å². The molecule has 2 N–H and O–H groups in total. The Labute approximate surface area is 112 Å². The number of hydrogen-bond acceptors (Lipinski definition) is 2. The first-order chi connectivity index (χ1) is 9.34. The van der Waals surface area contributed by atoms with Gasteiger partial charge in [0.05, 0.1) is 11.7 Å². The van der Waals surface area contributed by atoms with Gasteiger partial charge in [0.2, 0.25) is 0 Å². The molecule has 0 aliphatic rings. The van der Waals surface area contributed by atoms with Crippen LogP contribution in [-0.2, 0) is 6.42 Å². The van der Waals surface area contributed by atoms with Gasteiger partial charge in [-0.25, -0.2) is 0 Å². The monoisotopic (exact) mass is 248 g/mol. The molecule has 19 heavy (non-hydrogen) atoms.